The van der Waals surface area contributed by atoms with Crippen molar-refractivity contribution in [2.75, 3.05) is 6.67 Å². The molecule has 1 atom stereocenters. The van der Waals surface area contributed by atoms with Crippen molar-refractivity contribution in [3.8, 4) is 0 Å². The number of aryl methyl sites for hydroxylation is 1. The summed E-state index contributed by atoms with van der Waals surface area (Å²) in [5.74, 6) is -0.344. The highest BCUT2D eigenvalue weighted by Crippen LogP contribution is 2.25. The van der Waals surface area contributed by atoms with E-state index in [1.807, 2.05) is 6.92 Å². The lowest BCUT2D eigenvalue weighted by Gasteiger charge is -2.20. The maximum Gasteiger partial charge on any atom is 0.261 e. The lowest BCUT2D eigenvalue weighted by molar-refractivity contribution is 0.106. The van der Waals surface area contributed by atoms with E-state index in [1.165, 1.54) is 18.2 Å². The average Bonchev–Trinajstić information content (AvgIpc) is 2.66. The summed E-state index contributed by atoms with van der Waals surface area (Å²) in [7, 11) is -3.85. The predicted octanol–water partition coefficient (Wildman–Crippen LogP) is 0.700. The number of hydrogen-bond acceptors (Lipinski definition) is 7. The number of allylic oxidation sites excluding steroid dienone is 1. The molecule has 8 nitrogen and oxygen atoms in total. The van der Waals surface area contributed by atoms with Gasteiger partial charge in [-0.15, -0.1) is 0 Å². The second-order valence-electron chi connectivity index (χ2n) is 6.22. The number of hydrogen-bond donors (Lipinski definition) is 4. The number of rotatable bonds is 6. The Balaban J connectivity index is 2.03. The van der Waals surface area contributed by atoms with E-state index in [-0.39, 0.29) is 28.8 Å². The summed E-state index contributed by atoms with van der Waals surface area (Å²) >= 11 is 0. The summed E-state index contributed by atoms with van der Waals surface area (Å²) in [4.78, 5) is 16.9. The first-order valence-corrected chi connectivity index (χ1v) is 10.0. The van der Waals surface area contributed by atoms with Crippen LogP contribution >= 0.6 is 0 Å². The average molecular weight is 399 g/mol. The molecule has 0 amide bonds. The zero-order chi connectivity index (χ0) is 20.3. The summed E-state index contributed by atoms with van der Waals surface area (Å²) in [6.07, 6.45) is 0.495. The van der Waals surface area contributed by atoms with E-state index in [1.54, 1.807) is 36.4 Å². The minimum absolute atomic E-state index is 0.0359. The molecule has 1 aliphatic carbocycles. The van der Waals surface area contributed by atoms with Crippen LogP contribution in [0.1, 0.15) is 21.5 Å². The van der Waals surface area contributed by atoms with Crippen LogP contribution in [0.5, 0.6) is 0 Å². The molecule has 146 valence electrons. The van der Waals surface area contributed by atoms with Crippen molar-refractivity contribution in [1.82, 2.24) is 10.0 Å². The zero-order valence-electron chi connectivity index (χ0n) is 15.2. The molecule has 0 bridgehead atoms. The second-order valence-corrected chi connectivity index (χ2v) is 7.90. The van der Waals surface area contributed by atoms with Gasteiger partial charge in [0.15, 0.2) is 6.29 Å². The molecule has 0 fully saturated rings. The molecule has 1 aliphatic rings. The summed E-state index contributed by atoms with van der Waals surface area (Å²) in [6.45, 7) is 1.95. The Kier molecular flexibility index (Phi) is 5.71. The summed E-state index contributed by atoms with van der Waals surface area (Å²) in [5.41, 5.74) is 13.2. The van der Waals surface area contributed by atoms with Crippen molar-refractivity contribution in [2.45, 2.75) is 18.1 Å². The van der Waals surface area contributed by atoms with Crippen LogP contribution in [-0.2, 0) is 10.0 Å². The van der Waals surface area contributed by atoms with Gasteiger partial charge in [0.1, 0.15) is 5.71 Å². The first-order chi connectivity index (χ1) is 13.3. The van der Waals surface area contributed by atoms with E-state index in [0.717, 1.165) is 5.56 Å². The standard InChI is InChI=1S/C19H21N5O3S/c1-12-6-8-13(9-7-12)28(26,27)24-16-10-17(23-19(21)22-11-20)18(25)15-5-3-2-4-14(15)16/h2-10,19,22,24H,11,20-21H2,1H3. The molecule has 2 aromatic rings. The zero-order valence-corrected chi connectivity index (χ0v) is 16.0. The predicted molar refractivity (Wildman–Crippen MR) is 108 cm³/mol. The lowest BCUT2D eigenvalue weighted by atomic mass is 9.92. The minimum Gasteiger partial charge on any atom is -0.318 e. The summed E-state index contributed by atoms with van der Waals surface area (Å²) in [6, 6.07) is 13.2. The third kappa shape index (κ3) is 4.18. The van der Waals surface area contributed by atoms with Gasteiger partial charge in [-0.05, 0) is 25.1 Å². The number of nitrogens with zero attached hydrogens (tertiary/aromatic N) is 1. The SMILES string of the molecule is Cc1ccc(S(=O)(=O)NC2=CC(=NC(N)NCN)C(=O)c3ccccc32)cc1. The number of carbonyl (C=O) groups is 1. The maximum absolute atomic E-state index is 12.8. The number of nitrogens with two attached hydrogens (primary N) is 2. The molecule has 0 aromatic heterocycles. The number of nitrogens with one attached hydrogen (secondary N) is 2. The van der Waals surface area contributed by atoms with Crippen LogP contribution in [-0.4, -0.2) is 32.9 Å². The van der Waals surface area contributed by atoms with E-state index >= 15 is 0 Å². The van der Waals surface area contributed by atoms with Gasteiger partial charge in [0, 0.05) is 17.8 Å². The molecule has 0 aliphatic heterocycles. The number of carbonyl (C=O) groups excluding carboxylic acids is 1. The van der Waals surface area contributed by atoms with Crippen LogP contribution < -0.4 is 21.5 Å². The fourth-order valence-corrected chi connectivity index (χ4v) is 3.82. The molecule has 0 heterocycles. The van der Waals surface area contributed by atoms with Crippen molar-refractivity contribution in [1.29, 1.82) is 0 Å². The van der Waals surface area contributed by atoms with E-state index in [0.29, 0.717) is 11.1 Å². The first kappa shape index (κ1) is 19.9. The molecule has 3 rings (SSSR count). The van der Waals surface area contributed by atoms with Gasteiger partial charge in [-0.3, -0.25) is 20.6 Å². The highest BCUT2D eigenvalue weighted by molar-refractivity contribution is 7.89. The highest BCUT2D eigenvalue weighted by Gasteiger charge is 2.27. The van der Waals surface area contributed by atoms with E-state index in [2.05, 4.69) is 15.0 Å². The van der Waals surface area contributed by atoms with E-state index < -0.39 is 16.3 Å². The quantitative estimate of drug-likeness (QED) is 0.527. The Bertz CT molecular complexity index is 1060. The second kappa shape index (κ2) is 8.03. The third-order valence-corrected chi connectivity index (χ3v) is 5.54. The first-order valence-electron chi connectivity index (χ1n) is 8.54. The van der Waals surface area contributed by atoms with Crippen molar-refractivity contribution in [2.24, 2.45) is 16.5 Å². The summed E-state index contributed by atoms with van der Waals surface area (Å²) < 4.78 is 28.2. The molecule has 28 heavy (non-hydrogen) atoms. The smallest absolute Gasteiger partial charge is 0.261 e. The van der Waals surface area contributed by atoms with Gasteiger partial charge in [0.2, 0.25) is 5.78 Å². The van der Waals surface area contributed by atoms with Gasteiger partial charge in [-0.2, -0.15) is 0 Å². The van der Waals surface area contributed by atoms with Crippen molar-refractivity contribution in [3.63, 3.8) is 0 Å². The minimum atomic E-state index is -3.85. The highest BCUT2D eigenvalue weighted by atomic mass is 32.2. The van der Waals surface area contributed by atoms with E-state index in [9.17, 15) is 13.2 Å². The van der Waals surface area contributed by atoms with Crippen LogP contribution in [0.3, 0.4) is 0 Å². The number of aliphatic imine (C=N–C) groups is 1. The molecule has 6 N–H and O–H groups in total. The fraction of sp³-hybridized carbons (Fsp3) is 0.158. The molecule has 1 unspecified atom stereocenters. The molecule has 0 saturated carbocycles. The lowest BCUT2D eigenvalue weighted by Crippen LogP contribution is -2.40. The molecule has 0 spiro atoms. The molecule has 0 radical (unpaired) electrons. The maximum atomic E-state index is 12.8. The van der Waals surface area contributed by atoms with E-state index in [4.69, 9.17) is 11.5 Å². The molecular formula is C19H21N5O3S. The summed E-state index contributed by atoms with van der Waals surface area (Å²) in [5, 5.41) is 2.68. The largest absolute Gasteiger partial charge is 0.318 e. The van der Waals surface area contributed by atoms with Crippen LogP contribution in [0, 0.1) is 6.92 Å². The van der Waals surface area contributed by atoms with Gasteiger partial charge in [-0.25, -0.2) is 13.4 Å². The van der Waals surface area contributed by atoms with Gasteiger partial charge in [0.05, 0.1) is 10.6 Å². The number of fused-ring (bicyclic) bond motifs is 1. The third-order valence-electron chi connectivity index (χ3n) is 4.16. The normalized spacial score (nSPS) is 16.5. The van der Waals surface area contributed by atoms with Crippen LogP contribution in [0.2, 0.25) is 0 Å². The van der Waals surface area contributed by atoms with Crippen molar-refractivity contribution < 1.29 is 13.2 Å². The monoisotopic (exact) mass is 399 g/mol. The Labute approximate surface area is 163 Å². The van der Waals surface area contributed by atoms with Crippen LogP contribution in [0.25, 0.3) is 5.70 Å². The van der Waals surface area contributed by atoms with Crippen LogP contribution in [0.4, 0.5) is 0 Å². The van der Waals surface area contributed by atoms with Gasteiger partial charge in [-0.1, -0.05) is 42.0 Å². The molecular weight excluding hydrogens is 378 g/mol. The Morgan fingerprint density at radius 1 is 1.07 bits per heavy atom. The molecule has 2 aromatic carbocycles. The number of benzene rings is 2. The topological polar surface area (TPSA) is 140 Å². The van der Waals surface area contributed by atoms with Gasteiger partial charge in [0.25, 0.3) is 10.0 Å². The number of Topliss-reactive ketones (excluding diaryl/α,β-unsaturated/α-hetero) is 1. The van der Waals surface area contributed by atoms with Crippen molar-refractivity contribution in [3.05, 3.63) is 71.3 Å². The van der Waals surface area contributed by atoms with Crippen LogP contribution in [0.15, 0.2) is 64.5 Å². The molecule has 9 heteroatoms. The number of sulfonamides is 1. The number of ketones is 1. The Morgan fingerprint density at radius 2 is 1.71 bits per heavy atom. The Morgan fingerprint density at radius 3 is 2.36 bits per heavy atom. The van der Waals surface area contributed by atoms with Gasteiger partial charge < -0.3 is 5.73 Å². The fourth-order valence-electron chi connectivity index (χ4n) is 2.75. The Hall–Kier alpha value is -2.85. The molecule has 0 saturated heterocycles. The van der Waals surface area contributed by atoms with Gasteiger partial charge >= 0.3 is 0 Å². The van der Waals surface area contributed by atoms with Crippen molar-refractivity contribution >= 4 is 27.2 Å².